The van der Waals surface area contributed by atoms with Gasteiger partial charge >= 0.3 is 0 Å². The van der Waals surface area contributed by atoms with Crippen LogP contribution < -0.4 is 5.73 Å². The Labute approximate surface area is 98.3 Å². The first kappa shape index (κ1) is 11.7. The number of furan rings is 1. The summed E-state index contributed by atoms with van der Waals surface area (Å²) < 4.78 is 30.4. The van der Waals surface area contributed by atoms with E-state index >= 15 is 0 Å². The molecule has 0 aromatic carbocycles. The Balaban J connectivity index is 2.25. The van der Waals surface area contributed by atoms with Crippen molar-refractivity contribution in [2.75, 3.05) is 12.8 Å². The van der Waals surface area contributed by atoms with Crippen molar-refractivity contribution in [2.45, 2.75) is 11.4 Å². The van der Waals surface area contributed by atoms with Gasteiger partial charge in [0.1, 0.15) is 16.5 Å². The summed E-state index contributed by atoms with van der Waals surface area (Å²) in [6, 6.07) is 3.40. The molecule has 2 heterocycles. The Morgan fingerprint density at radius 3 is 2.88 bits per heavy atom. The Morgan fingerprint density at radius 1 is 1.59 bits per heavy atom. The van der Waals surface area contributed by atoms with Gasteiger partial charge in [0.15, 0.2) is 0 Å². The van der Waals surface area contributed by atoms with Crippen molar-refractivity contribution in [1.29, 1.82) is 0 Å². The van der Waals surface area contributed by atoms with Crippen molar-refractivity contribution in [3.63, 3.8) is 0 Å². The smallest absolute Gasteiger partial charge is 0.248 e. The third-order valence-electron chi connectivity index (χ3n) is 2.28. The maximum absolute atomic E-state index is 12.1. The molecule has 2 aromatic heterocycles. The molecule has 0 unspecified atom stereocenters. The predicted molar refractivity (Wildman–Crippen MR) is 60.4 cm³/mol. The van der Waals surface area contributed by atoms with Gasteiger partial charge in [-0.1, -0.05) is 0 Å². The van der Waals surface area contributed by atoms with Crippen LogP contribution in [0.25, 0.3) is 0 Å². The molecule has 0 atom stereocenters. The maximum atomic E-state index is 12.1. The normalized spacial score (nSPS) is 12.1. The number of anilines is 1. The zero-order valence-electron chi connectivity index (χ0n) is 9.12. The summed E-state index contributed by atoms with van der Waals surface area (Å²) >= 11 is 0. The predicted octanol–water partition coefficient (Wildman–Crippen LogP) is 0.406. The SMILES string of the molecule is CN(Cc1ccco1)S(=O)(=O)c1cn[nH]c1N. The van der Waals surface area contributed by atoms with E-state index in [0.717, 1.165) is 4.31 Å². The van der Waals surface area contributed by atoms with E-state index in [9.17, 15) is 8.42 Å². The van der Waals surface area contributed by atoms with Crippen molar-refractivity contribution in [3.8, 4) is 0 Å². The van der Waals surface area contributed by atoms with Crippen molar-refractivity contribution < 1.29 is 12.8 Å². The first-order valence-electron chi connectivity index (χ1n) is 4.79. The van der Waals surface area contributed by atoms with Crippen LogP contribution in [0, 0.1) is 0 Å². The molecule has 0 radical (unpaired) electrons. The number of hydrogen-bond acceptors (Lipinski definition) is 5. The van der Waals surface area contributed by atoms with E-state index in [4.69, 9.17) is 10.2 Å². The van der Waals surface area contributed by atoms with Gasteiger partial charge in [-0.15, -0.1) is 0 Å². The fourth-order valence-corrected chi connectivity index (χ4v) is 2.51. The molecule has 0 aliphatic carbocycles. The third-order valence-corrected chi connectivity index (χ3v) is 4.11. The van der Waals surface area contributed by atoms with Crippen LogP contribution in [-0.2, 0) is 16.6 Å². The Morgan fingerprint density at radius 2 is 2.35 bits per heavy atom. The van der Waals surface area contributed by atoms with Crippen molar-refractivity contribution >= 4 is 15.8 Å². The van der Waals surface area contributed by atoms with Gasteiger partial charge in [0.2, 0.25) is 10.0 Å². The molecule has 92 valence electrons. The Kier molecular flexibility index (Phi) is 2.90. The van der Waals surface area contributed by atoms with Crippen LogP contribution in [0.1, 0.15) is 5.76 Å². The van der Waals surface area contributed by atoms with E-state index in [1.165, 1.54) is 19.5 Å². The minimum Gasteiger partial charge on any atom is -0.468 e. The zero-order valence-corrected chi connectivity index (χ0v) is 9.94. The van der Waals surface area contributed by atoms with E-state index in [1.807, 2.05) is 0 Å². The molecule has 0 bridgehead atoms. The van der Waals surface area contributed by atoms with Crippen LogP contribution in [0.3, 0.4) is 0 Å². The van der Waals surface area contributed by atoms with Gasteiger partial charge in [0.25, 0.3) is 0 Å². The van der Waals surface area contributed by atoms with E-state index in [1.54, 1.807) is 12.1 Å². The van der Waals surface area contributed by atoms with Gasteiger partial charge in [-0.3, -0.25) is 5.10 Å². The van der Waals surface area contributed by atoms with Crippen LogP contribution in [-0.4, -0.2) is 30.0 Å². The number of nitrogens with zero attached hydrogens (tertiary/aromatic N) is 2. The molecule has 3 N–H and O–H groups in total. The monoisotopic (exact) mass is 256 g/mol. The van der Waals surface area contributed by atoms with Crippen LogP contribution in [0.15, 0.2) is 33.9 Å². The highest BCUT2D eigenvalue weighted by atomic mass is 32.2. The maximum Gasteiger partial charge on any atom is 0.248 e. The van der Waals surface area contributed by atoms with Gasteiger partial charge in [0, 0.05) is 7.05 Å². The largest absolute Gasteiger partial charge is 0.468 e. The molecule has 0 saturated carbocycles. The lowest BCUT2D eigenvalue weighted by atomic mass is 10.4. The number of nitrogen functional groups attached to an aromatic ring is 1. The molecule has 0 amide bonds. The fourth-order valence-electron chi connectivity index (χ4n) is 1.37. The summed E-state index contributed by atoms with van der Waals surface area (Å²) in [4.78, 5) is -0.0356. The topological polar surface area (TPSA) is 105 Å². The highest BCUT2D eigenvalue weighted by Crippen LogP contribution is 2.20. The van der Waals surface area contributed by atoms with Crippen LogP contribution >= 0.6 is 0 Å². The molecule has 0 saturated heterocycles. The molecule has 0 aliphatic heterocycles. The van der Waals surface area contributed by atoms with Gasteiger partial charge in [0.05, 0.1) is 19.0 Å². The van der Waals surface area contributed by atoms with Crippen LogP contribution in [0.4, 0.5) is 5.82 Å². The summed E-state index contributed by atoms with van der Waals surface area (Å²) in [5, 5.41) is 5.98. The number of rotatable bonds is 4. The average molecular weight is 256 g/mol. The molecule has 0 spiro atoms. The second-order valence-electron chi connectivity index (χ2n) is 3.49. The highest BCUT2D eigenvalue weighted by molar-refractivity contribution is 7.89. The molecule has 0 aliphatic rings. The van der Waals surface area contributed by atoms with E-state index in [2.05, 4.69) is 10.2 Å². The van der Waals surface area contributed by atoms with Crippen molar-refractivity contribution in [1.82, 2.24) is 14.5 Å². The summed E-state index contributed by atoms with van der Waals surface area (Å²) in [5.74, 6) is 0.578. The molecule has 2 aromatic rings. The van der Waals surface area contributed by atoms with Crippen LogP contribution in [0.2, 0.25) is 0 Å². The van der Waals surface area contributed by atoms with Crippen molar-refractivity contribution in [2.24, 2.45) is 0 Å². The first-order chi connectivity index (χ1) is 8.01. The average Bonchev–Trinajstić information content (AvgIpc) is 2.89. The molecule has 0 fully saturated rings. The number of sulfonamides is 1. The number of nitrogens with two attached hydrogens (primary N) is 1. The van der Waals surface area contributed by atoms with Gasteiger partial charge in [-0.2, -0.15) is 9.40 Å². The number of H-pyrrole nitrogens is 1. The lowest BCUT2D eigenvalue weighted by Gasteiger charge is -2.14. The van der Waals surface area contributed by atoms with E-state index in [-0.39, 0.29) is 17.3 Å². The standard InChI is InChI=1S/C9H12N4O3S/c1-13(6-7-3-2-4-16-7)17(14,15)8-5-11-12-9(8)10/h2-5H,6H2,1H3,(H3,10,11,12). The van der Waals surface area contributed by atoms with E-state index in [0.29, 0.717) is 5.76 Å². The minimum absolute atomic E-state index is 0.0243. The second-order valence-corrected chi connectivity index (χ2v) is 5.50. The quantitative estimate of drug-likeness (QED) is 0.824. The lowest BCUT2D eigenvalue weighted by molar-refractivity contribution is 0.406. The summed E-state index contributed by atoms with van der Waals surface area (Å²) in [7, 11) is -2.20. The first-order valence-corrected chi connectivity index (χ1v) is 6.23. The molecular formula is C9H12N4O3S. The molecule has 17 heavy (non-hydrogen) atoms. The van der Waals surface area contributed by atoms with Gasteiger partial charge in [-0.05, 0) is 12.1 Å². The van der Waals surface area contributed by atoms with Crippen LogP contribution in [0.5, 0.6) is 0 Å². The summed E-state index contributed by atoms with van der Waals surface area (Å²) in [5.41, 5.74) is 5.49. The molecule has 8 heteroatoms. The zero-order chi connectivity index (χ0) is 12.5. The molecule has 2 rings (SSSR count). The number of aromatic nitrogens is 2. The van der Waals surface area contributed by atoms with Gasteiger partial charge in [-0.25, -0.2) is 8.42 Å². The second kappa shape index (κ2) is 4.22. The van der Waals surface area contributed by atoms with Crippen molar-refractivity contribution in [3.05, 3.63) is 30.4 Å². The fraction of sp³-hybridized carbons (Fsp3) is 0.222. The highest BCUT2D eigenvalue weighted by Gasteiger charge is 2.25. The van der Waals surface area contributed by atoms with E-state index < -0.39 is 10.0 Å². The molecular weight excluding hydrogens is 244 g/mol. The third kappa shape index (κ3) is 2.17. The van der Waals surface area contributed by atoms with Gasteiger partial charge < -0.3 is 10.2 Å². The summed E-state index contributed by atoms with van der Waals surface area (Å²) in [6.07, 6.45) is 2.67. The summed E-state index contributed by atoms with van der Waals surface area (Å²) in [6.45, 7) is 0.139. The minimum atomic E-state index is -3.65. The number of nitrogens with one attached hydrogen (secondary N) is 1. The Hall–Kier alpha value is -1.80. The number of aromatic amines is 1. The Bertz CT molecular complexity index is 588. The molecule has 7 nitrogen and oxygen atoms in total. The lowest BCUT2D eigenvalue weighted by Crippen LogP contribution is -2.26. The number of hydrogen-bond donors (Lipinski definition) is 2.